The molecule has 0 radical (unpaired) electrons. The number of primary amides is 1. The minimum absolute atomic E-state index is 0.350. The van der Waals surface area contributed by atoms with E-state index in [1.165, 1.54) is 24.6 Å². The third kappa shape index (κ3) is 2.85. The number of tetrazole rings is 1. The number of hydrogen-bond donors (Lipinski definition) is 2. The SMILES string of the molecule is NC(=O)c1ccc(N)c(Sc2nnnn2C2CCCC2)c1. The van der Waals surface area contributed by atoms with Crippen LogP contribution in [0.25, 0.3) is 0 Å². The van der Waals surface area contributed by atoms with Crippen LogP contribution >= 0.6 is 11.8 Å². The third-order valence-corrected chi connectivity index (χ3v) is 4.66. The number of benzene rings is 1. The van der Waals surface area contributed by atoms with Crippen LogP contribution in [0.5, 0.6) is 0 Å². The Balaban J connectivity index is 1.88. The van der Waals surface area contributed by atoms with Gasteiger partial charge in [-0.1, -0.05) is 12.8 Å². The summed E-state index contributed by atoms with van der Waals surface area (Å²) < 4.78 is 1.86. The fraction of sp³-hybridized carbons (Fsp3) is 0.385. The molecule has 8 heteroatoms. The minimum atomic E-state index is -0.479. The first kappa shape index (κ1) is 13.9. The van der Waals surface area contributed by atoms with Crippen LogP contribution < -0.4 is 11.5 Å². The Morgan fingerprint density at radius 3 is 2.81 bits per heavy atom. The van der Waals surface area contributed by atoms with Gasteiger partial charge in [-0.05, 0) is 53.2 Å². The molecule has 1 aromatic heterocycles. The van der Waals surface area contributed by atoms with Crippen molar-refractivity contribution in [2.24, 2.45) is 5.73 Å². The van der Waals surface area contributed by atoms with E-state index < -0.39 is 5.91 Å². The van der Waals surface area contributed by atoms with Gasteiger partial charge < -0.3 is 11.5 Å². The van der Waals surface area contributed by atoms with Crippen molar-refractivity contribution >= 4 is 23.4 Å². The molecule has 1 fully saturated rings. The highest BCUT2D eigenvalue weighted by Gasteiger charge is 2.22. The molecule has 0 bridgehead atoms. The van der Waals surface area contributed by atoms with Crippen LogP contribution in [0.2, 0.25) is 0 Å². The predicted octanol–water partition coefficient (Wildman–Crippen LogP) is 1.62. The zero-order chi connectivity index (χ0) is 14.8. The highest BCUT2D eigenvalue weighted by Crippen LogP contribution is 2.35. The molecule has 1 aliphatic carbocycles. The molecule has 1 amide bonds. The first-order valence-corrected chi connectivity index (χ1v) is 7.62. The number of carbonyl (C=O) groups excluding carboxylic acids is 1. The van der Waals surface area contributed by atoms with E-state index in [0.717, 1.165) is 17.7 Å². The number of amides is 1. The van der Waals surface area contributed by atoms with Crippen molar-refractivity contribution in [2.45, 2.75) is 41.8 Å². The zero-order valence-corrected chi connectivity index (χ0v) is 12.2. The van der Waals surface area contributed by atoms with Crippen molar-refractivity contribution in [2.75, 3.05) is 5.73 Å². The molecule has 0 atom stereocenters. The number of hydrogen-bond acceptors (Lipinski definition) is 6. The van der Waals surface area contributed by atoms with Crippen molar-refractivity contribution in [3.8, 4) is 0 Å². The van der Waals surface area contributed by atoms with E-state index in [9.17, 15) is 4.79 Å². The van der Waals surface area contributed by atoms with Crippen molar-refractivity contribution in [3.05, 3.63) is 23.8 Å². The molecular formula is C13H16N6OS. The van der Waals surface area contributed by atoms with Gasteiger partial charge in [-0.3, -0.25) is 4.79 Å². The van der Waals surface area contributed by atoms with E-state index in [-0.39, 0.29) is 0 Å². The van der Waals surface area contributed by atoms with Gasteiger partial charge >= 0.3 is 0 Å². The fourth-order valence-electron chi connectivity index (χ4n) is 2.51. The van der Waals surface area contributed by atoms with Crippen LogP contribution in [-0.4, -0.2) is 26.1 Å². The second kappa shape index (κ2) is 5.72. The van der Waals surface area contributed by atoms with Gasteiger partial charge in [0.15, 0.2) is 0 Å². The molecule has 1 aromatic carbocycles. The maximum Gasteiger partial charge on any atom is 0.248 e. The number of nitrogen functional groups attached to an aromatic ring is 1. The van der Waals surface area contributed by atoms with Gasteiger partial charge in [0, 0.05) is 16.1 Å². The van der Waals surface area contributed by atoms with Crippen LogP contribution in [0.3, 0.4) is 0 Å². The van der Waals surface area contributed by atoms with Crippen LogP contribution in [0, 0.1) is 0 Å². The highest BCUT2D eigenvalue weighted by molar-refractivity contribution is 7.99. The third-order valence-electron chi connectivity index (χ3n) is 3.63. The molecule has 0 unspecified atom stereocenters. The van der Waals surface area contributed by atoms with E-state index >= 15 is 0 Å². The van der Waals surface area contributed by atoms with Gasteiger partial charge in [0.25, 0.3) is 0 Å². The average Bonchev–Trinajstić information content (AvgIpc) is 3.11. The van der Waals surface area contributed by atoms with Gasteiger partial charge in [-0.25, -0.2) is 4.68 Å². The largest absolute Gasteiger partial charge is 0.398 e. The minimum Gasteiger partial charge on any atom is -0.398 e. The molecule has 110 valence electrons. The van der Waals surface area contributed by atoms with Gasteiger partial charge in [0.1, 0.15) is 0 Å². The van der Waals surface area contributed by atoms with Crippen LogP contribution in [0.1, 0.15) is 42.1 Å². The lowest BCUT2D eigenvalue weighted by Crippen LogP contribution is -2.11. The van der Waals surface area contributed by atoms with E-state index in [1.54, 1.807) is 18.2 Å². The molecule has 7 nitrogen and oxygen atoms in total. The standard InChI is InChI=1S/C13H16N6OS/c14-10-6-5-8(12(15)20)7-11(10)21-13-16-17-18-19(13)9-3-1-2-4-9/h5-7,9H,1-4,14H2,(H2,15,20). The van der Waals surface area contributed by atoms with E-state index in [2.05, 4.69) is 15.5 Å². The molecule has 0 saturated heterocycles. The second-order valence-electron chi connectivity index (χ2n) is 5.06. The summed E-state index contributed by atoms with van der Waals surface area (Å²) in [6, 6.07) is 5.31. The molecule has 2 aromatic rings. The maximum atomic E-state index is 11.3. The summed E-state index contributed by atoms with van der Waals surface area (Å²) in [7, 11) is 0. The summed E-state index contributed by atoms with van der Waals surface area (Å²) in [6.45, 7) is 0. The van der Waals surface area contributed by atoms with Crippen LogP contribution in [0.15, 0.2) is 28.3 Å². The van der Waals surface area contributed by atoms with Gasteiger partial charge in [0.2, 0.25) is 11.1 Å². The number of rotatable bonds is 4. The summed E-state index contributed by atoms with van der Waals surface area (Å²) in [6.07, 6.45) is 4.59. The van der Waals surface area contributed by atoms with Crippen molar-refractivity contribution in [1.82, 2.24) is 20.2 Å². The zero-order valence-electron chi connectivity index (χ0n) is 11.4. The molecule has 0 aliphatic heterocycles. The fourth-order valence-corrected chi connectivity index (χ4v) is 3.43. The number of anilines is 1. The van der Waals surface area contributed by atoms with E-state index in [4.69, 9.17) is 11.5 Å². The Bertz CT molecular complexity index is 664. The first-order chi connectivity index (χ1) is 10.1. The molecule has 1 aliphatic rings. The summed E-state index contributed by atoms with van der Waals surface area (Å²) in [5, 5.41) is 12.6. The van der Waals surface area contributed by atoms with Gasteiger partial charge in [0.05, 0.1) is 6.04 Å². The molecule has 1 heterocycles. The van der Waals surface area contributed by atoms with E-state index in [0.29, 0.717) is 22.4 Å². The molecule has 0 spiro atoms. The quantitative estimate of drug-likeness (QED) is 0.830. The maximum absolute atomic E-state index is 11.3. The topological polar surface area (TPSA) is 113 Å². The molecule has 21 heavy (non-hydrogen) atoms. The molecular weight excluding hydrogens is 288 g/mol. The lowest BCUT2D eigenvalue weighted by atomic mass is 10.2. The van der Waals surface area contributed by atoms with Crippen molar-refractivity contribution < 1.29 is 4.79 Å². The first-order valence-electron chi connectivity index (χ1n) is 6.80. The summed E-state index contributed by atoms with van der Waals surface area (Å²) in [5.74, 6) is -0.479. The Labute approximate surface area is 126 Å². The Hall–Kier alpha value is -2.09. The smallest absolute Gasteiger partial charge is 0.248 e. The molecule has 4 N–H and O–H groups in total. The number of aromatic nitrogens is 4. The second-order valence-corrected chi connectivity index (χ2v) is 6.07. The summed E-state index contributed by atoms with van der Waals surface area (Å²) >= 11 is 1.36. The lowest BCUT2D eigenvalue weighted by molar-refractivity contribution is 0.1000. The Morgan fingerprint density at radius 1 is 1.33 bits per heavy atom. The average molecular weight is 304 g/mol. The predicted molar refractivity (Wildman–Crippen MR) is 78.8 cm³/mol. The van der Waals surface area contributed by atoms with Crippen LogP contribution in [-0.2, 0) is 0 Å². The molecule has 1 saturated carbocycles. The van der Waals surface area contributed by atoms with Gasteiger partial charge in [-0.2, -0.15) is 0 Å². The van der Waals surface area contributed by atoms with Gasteiger partial charge in [-0.15, -0.1) is 5.10 Å². The summed E-state index contributed by atoms with van der Waals surface area (Å²) in [5.41, 5.74) is 12.3. The Kier molecular flexibility index (Phi) is 3.78. The van der Waals surface area contributed by atoms with Crippen LogP contribution in [0.4, 0.5) is 5.69 Å². The van der Waals surface area contributed by atoms with Crippen molar-refractivity contribution in [1.29, 1.82) is 0 Å². The lowest BCUT2D eigenvalue weighted by Gasteiger charge is -2.11. The summed E-state index contributed by atoms with van der Waals surface area (Å²) in [4.78, 5) is 12.0. The molecule has 3 rings (SSSR count). The van der Waals surface area contributed by atoms with E-state index in [1.807, 2.05) is 4.68 Å². The number of nitrogens with zero attached hydrogens (tertiary/aromatic N) is 4. The number of carbonyl (C=O) groups is 1. The highest BCUT2D eigenvalue weighted by atomic mass is 32.2. The monoisotopic (exact) mass is 304 g/mol. The normalized spacial score (nSPS) is 15.4. The van der Waals surface area contributed by atoms with Crippen molar-refractivity contribution in [3.63, 3.8) is 0 Å². The number of nitrogens with two attached hydrogens (primary N) is 2. The Morgan fingerprint density at radius 2 is 2.10 bits per heavy atom.